The Bertz CT molecular complexity index is 673. The topological polar surface area (TPSA) is 41.6 Å². The van der Waals surface area contributed by atoms with E-state index in [0.29, 0.717) is 12.0 Å². The lowest BCUT2D eigenvalue weighted by Crippen LogP contribution is -2.62. The van der Waals surface area contributed by atoms with Crippen molar-refractivity contribution in [3.05, 3.63) is 33.8 Å². The first-order valence-electron chi connectivity index (χ1n) is 8.05. The monoisotopic (exact) mass is 348 g/mol. The minimum Gasteiger partial charge on any atom is -0.446 e. The van der Waals surface area contributed by atoms with E-state index in [1.165, 1.54) is 37.3 Å². The number of hydrogen-bond acceptors (Lipinski definition) is 5. The van der Waals surface area contributed by atoms with E-state index in [1.54, 1.807) is 11.3 Å². The molecule has 1 N–H and O–H groups in total. The number of hydrogen-bond donors (Lipinski definition) is 1. The van der Waals surface area contributed by atoms with Crippen LogP contribution in [-0.4, -0.2) is 36.0 Å². The zero-order valence-corrected chi connectivity index (χ0v) is 14.7. The summed E-state index contributed by atoms with van der Waals surface area (Å²) in [4.78, 5) is 15.8. The van der Waals surface area contributed by atoms with Gasteiger partial charge in [-0.1, -0.05) is 11.3 Å². The molecule has 5 heterocycles. The molecule has 1 amide bonds. The smallest absolute Gasteiger partial charge is 0.261 e. The lowest BCUT2D eigenvalue weighted by molar-refractivity contribution is 0.0218. The molecule has 122 valence electrons. The van der Waals surface area contributed by atoms with E-state index in [9.17, 15) is 4.79 Å². The van der Waals surface area contributed by atoms with Gasteiger partial charge in [-0.2, -0.15) is 0 Å². The molecule has 2 aromatic heterocycles. The minimum absolute atomic E-state index is 0.0285. The van der Waals surface area contributed by atoms with Crippen LogP contribution in [0, 0.1) is 5.92 Å². The summed E-state index contributed by atoms with van der Waals surface area (Å²) in [7, 11) is 0. The van der Waals surface area contributed by atoms with Crippen LogP contribution >= 0.6 is 22.7 Å². The molecule has 2 atom stereocenters. The highest BCUT2D eigenvalue weighted by Gasteiger charge is 2.40. The third-order valence-electron chi connectivity index (χ3n) is 4.99. The van der Waals surface area contributed by atoms with Crippen LogP contribution in [0.3, 0.4) is 0 Å². The fourth-order valence-electron chi connectivity index (χ4n) is 3.69. The van der Waals surface area contributed by atoms with Gasteiger partial charge in [0.2, 0.25) is 0 Å². The first-order valence-corrected chi connectivity index (χ1v) is 9.81. The maximum Gasteiger partial charge on any atom is 0.261 e. The van der Waals surface area contributed by atoms with E-state index in [1.807, 2.05) is 29.0 Å². The zero-order valence-electron chi connectivity index (χ0n) is 13.0. The van der Waals surface area contributed by atoms with Gasteiger partial charge < -0.3 is 10.1 Å². The van der Waals surface area contributed by atoms with Crippen LogP contribution in [0.25, 0.3) is 0 Å². The van der Waals surface area contributed by atoms with Crippen LogP contribution in [0.2, 0.25) is 0 Å². The fourth-order valence-corrected chi connectivity index (χ4v) is 5.02. The molecule has 23 heavy (non-hydrogen) atoms. The maximum absolute atomic E-state index is 12.6. The predicted molar refractivity (Wildman–Crippen MR) is 93.7 cm³/mol. The van der Waals surface area contributed by atoms with Gasteiger partial charge in [-0.05, 0) is 62.4 Å². The summed E-state index contributed by atoms with van der Waals surface area (Å²) in [5, 5.41) is 7.95. The van der Waals surface area contributed by atoms with Crippen molar-refractivity contribution in [2.24, 2.45) is 5.92 Å². The van der Waals surface area contributed by atoms with Gasteiger partial charge in [0.05, 0.1) is 4.88 Å². The van der Waals surface area contributed by atoms with Crippen LogP contribution in [0.5, 0.6) is 10.8 Å². The number of carbonyl (C=O) groups excluding carboxylic acids is 1. The summed E-state index contributed by atoms with van der Waals surface area (Å²) in [5.41, 5.74) is 0. The van der Waals surface area contributed by atoms with E-state index in [2.05, 4.69) is 17.1 Å². The fraction of sp³-hybridized carbons (Fsp3) is 0.471. The molecule has 0 saturated carbocycles. The van der Waals surface area contributed by atoms with Crippen LogP contribution in [-0.2, 0) is 0 Å². The quantitative estimate of drug-likeness (QED) is 0.913. The average Bonchev–Trinajstić information content (AvgIpc) is 3.23. The maximum atomic E-state index is 12.6. The molecular formula is C17H20N2O2S2. The second-order valence-electron chi connectivity index (χ2n) is 6.29. The Balaban J connectivity index is 1.42. The van der Waals surface area contributed by atoms with E-state index < -0.39 is 0 Å². The molecule has 0 aromatic carbocycles. The Morgan fingerprint density at radius 2 is 2.13 bits per heavy atom. The van der Waals surface area contributed by atoms with Gasteiger partial charge in [-0.25, -0.2) is 0 Å². The van der Waals surface area contributed by atoms with E-state index in [0.717, 1.165) is 15.7 Å². The Hall–Kier alpha value is -1.37. The number of thiophene rings is 2. The molecule has 2 bridgehead atoms. The first kappa shape index (κ1) is 15.2. The number of rotatable bonds is 4. The summed E-state index contributed by atoms with van der Waals surface area (Å²) in [6.07, 6.45) is 2.40. The molecule has 3 saturated heterocycles. The number of amides is 1. The molecular weight excluding hydrogens is 328 g/mol. The van der Waals surface area contributed by atoms with Crippen LogP contribution in [0.4, 0.5) is 0 Å². The summed E-state index contributed by atoms with van der Waals surface area (Å²) >= 11 is 3.00. The lowest BCUT2D eigenvalue weighted by atomic mass is 9.79. The van der Waals surface area contributed by atoms with Gasteiger partial charge in [0.1, 0.15) is 5.75 Å². The highest BCUT2D eigenvalue weighted by Crippen LogP contribution is 2.34. The third-order valence-corrected chi connectivity index (χ3v) is 6.62. The molecule has 6 heteroatoms. The Kier molecular flexibility index (Phi) is 4.13. The summed E-state index contributed by atoms with van der Waals surface area (Å²) in [6, 6.07) is 6.37. The summed E-state index contributed by atoms with van der Waals surface area (Å²) in [6.45, 7) is 4.58. The minimum atomic E-state index is 0.0285. The molecule has 2 aromatic rings. The largest absolute Gasteiger partial charge is 0.446 e. The molecule has 2 unspecified atom stereocenters. The Morgan fingerprint density at radius 3 is 2.83 bits per heavy atom. The molecule has 3 fully saturated rings. The number of ether oxygens (including phenoxy) is 1. The van der Waals surface area contributed by atoms with Crippen molar-refractivity contribution in [3.8, 4) is 10.8 Å². The molecule has 3 aliphatic rings. The molecule has 5 rings (SSSR count). The van der Waals surface area contributed by atoms with E-state index in [4.69, 9.17) is 4.74 Å². The third kappa shape index (κ3) is 3.03. The summed E-state index contributed by atoms with van der Waals surface area (Å²) in [5.74, 6) is 1.48. The van der Waals surface area contributed by atoms with Crippen molar-refractivity contribution in [2.45, 2.75) is 31.8 Å². The molecule has 0 aliphatic carbocycles. The summed E-state index contributed by atoms with van der Waals surface area (Å²) < 4.78 is 5.75. The van der Waals surface area contributed by atoms with Crippen LogP contribution < -0.4 is 10.1 Å². The predicted octanol–water partition coefficient (Wildman–Crippen LogP) is 3.81. The van der Waals surface area contributed by atoms with Crippen molar-refractivity contribution in [2.75, 3.05) is 13.1 Å². The van der Waals surface area contributed by atoms with Gasteiger partial charge in [0.15, 0.2) is 5.06 Å². The SMILES string of the molecule is CC1C(NC(=O)c2ccc(Oc3ccsc3)s2)C2CCN1CC2. The highest BCUT2D eigenvalue weighted by atomic mass is 32.1. The number of carbonyl (C=O) groups is 1. The standard InChI is InChI=1S/C17H20N2O2S2/c1-11-16(12-4-7-19(11)8-5-12)18-17(20)14-2-3-15(23-14)21-13-6-9-22-10-13/h2-3,6,9-12,16H,4-5,7-8H2,1H3,(H,18,20). The number of nitrogens with one attached hydrogen (secondary N) is 1. The molecule has 0 spiro atoms. The van der Waals surface area contributed by atoms with E-state index in [-0.39, 0.29) is 11.9 Å². The van der Waals surface area contributed by atoms with Gasteiger partial charge in [0.25, 0.3) is 5.91 Å². The van der Waals surface area contributed by atoms with Crippen LogP contribution in [0.1, 0.15) is 29.4 Å². The van der Waals surface area contributed by atoms with Gasteiger partial charge in [-0.3, -0.25) is 9.69 Å². The van der Waals surface area contributed by atoms with Crippen molar-refractivity contribution < 1.29 is 9.53 Å². The van der Waals surface area contributed by atoms with Gasteiger partial charge >= 0.3 is 0 Å². The molecule has 0 radical (unpaired) electrons. The highest BCUT2D eigenvalue weighted by molar-refractivity contribution is 7.15. The van der Waals surface area contributed by atoms with Crippen LogP contribution in [0.15, 0.2) is 29.0 Å². The molecule has 3 aliphatic heterocycles. The second-order valence-corrected chi connectivity index (χ2v) is 8.12. The van der Waals surface area contributed by atoms with Crippen molar-refractivity contribution in [3.63, 3.8) is 0 Å². The van der Waals surface area contributed by atoms with Gasteiger partial charge in [0, 0.05) is 17.5 Å². The molecule has 4 nitrogen and oxygen atoms in total. The lowest BCUT2D eigenvalue weighted by Gasteiger charge is -2.49. The average molecular weight is 348 g/mol. The Morgan fingerprint density at radius 1 is 1.30 bits per heavy atom. The number of nitrogens with zero attached hydrogens (tertiary/aromatic N) is 1. The normalized spacial score (nSPS) is 29.4. The second kappa shape index (κ2) is 6.26. The van der Waals surface area contributed by atoms with Crippen molar-refractivity contribution in [1.29, 1.82) is 0 Å². The first-order chi connectivity index (χ1) is 11.2. The number of fused-ring (bicyclic) bond motifs is 3. The van der Waals surface area contributed by atoms with Crippen molar-refractivity contribution in [1.82, 2.24) is 10.2 Å². The van der Waals surface area contributed by atoms with Gasteiger partial charge in [-0.15, -0.1) is 11.3 Å². The zero-order chi connectivity index (χ0) is 15.8. The Labute approximate surface area is 144 Å². The number of piperidine rings is 3. The van der Waals surface area contributed by atoms with E-state index >= 15 is 0 Å². The van der Waals surface area contributed by atoms with Crippen molar-refractivity contribution >= 4 is 28.6 Å².